The number of hydrogen-bond acceptors (Lipinski definition) is 10. The molecule has 0 radical (unpaired) electrons. The molecule has 7 N–H and O–H groups in total. The molecule has 10 heteroatoms. The lowest BCUT2D eigenvalue weighted by Gasteiger charge is -2.65. The smallest absolute Gasteiger partial charge is 0.186 e. The fourth-order valence-electron chi connectivity index (χ4n) is 13.5. The van der Waals surface area contributed by atoms with Gasteiger partial charge in [-0.15, -0.1) is 0 Å². The monoisotopic (exact) mass is 638 g/mol. The van der Waals surface area contributed by atoms with Crippen LogP contribution in [-0.4, -0.2) is 109 Å². The van der Waals surface area contributed by atoms with Gasteiger partial charge in [0.05, 0.1) is 48.8 Å². The highest BCUT2D eigenvalue weighted by molar-refractivity contribution is 5.34. The molecular formula is C35H58O10. The molecule has 7 fully saturated rings. The number of rotatable bonds is 5. The zero-order valence-corrected chi connectivity index (χ0v) is 28.0. The molecule has 0 unspecified atom stereocenters. The predicted molar refractivity (Wildman–Crippen MR) is 163 cm³/mol. The molecule has 45 heavy (non-hydrogen) atoms. The van der Waals surface area contributed by atoms with E-state index in [9.17, 15) is 35.7 Å². The molecule has 0 aromatic heterocycles. The Balaban J connectivity index is 1.17. The number of aliphatic hydroxyl groups is 7. The highest BCUT2D eigenvalue weighted by Gasteiger charge is 2.86. The van der Waals surface area contributed by atoms with Crippen LogP contribution >= 0.6 is 0 Å². The molecule has 0 aromatic rings. The van der Waals surface area contributed by atoms with Crippen LogP contribution in [0.4, 0.5) is 0 Å². The van der Waals surface area contributed by atoms with Gasteiger partial charge in [-0.05, 0) is 112 Å². The highest BCUT2D eigenvalue weighted by atomic mass is 16.7. The maximum absolute atomic E-state index is 12.4. The molecule has 2 spiro atoms. The van der Waals surface area contributed by atoms with Crippen LogP contribution in [0.25, 0.3) is 0 Å². The SMILES string of the molecule is CC(C)(O)[C@@H]1CC[C@](C)([C@H]2[C@@H](O)C[C@@]3(C)[C@@H]4CC[C@H]5C(C)(C)[C@@H](O[C@@H]6OC[C@@H](O)[C@H](O)[C@H]6O)CC[C@@]56C[C@@]46C[C@@H](O)[C@]23CO)O1. The Morgan fingerprint density at radius 1 is 0.822 bits per heavy atom. The molecule has 10 nitrogen and oxygen atoms in total. The Bertz CT molecular complexity index is 1170. The first-order chi connectivity index (χ1) is 20.8. The van der Waals surface area contributed by atoms with Crippen molar-refractivity contribution in [3.05, 3.63) is 0 Å². The van der Waals surface area contributed by atoms with Crippen molar-refractivity contribution in [1.29, 1.82) is 0 Å². The molecule has 5 aliphatic carbocycles. The number of ether oxygens (including phenoxy) is 3. The fourth-order valence-corrected chi connectivity index (χ4v) is 13.5. The Kier molecular flexibility index (Phi) is 7.42. The summed E-state index contributed by atoms with van der Waals surface area (Å²) < 4.78 is 18.6. The quantitative estimate of drug-likeness (QED) is 0.221. The van der Waals surface area contributed by atoms with E-state index in [1.165, 1.54) is 0 Å². The van der Waals surface area contributed by atoms with Gasteiger partial charge in [0.1, 0.15) is 18.3 Å². The molecular weight excluding hydrogens is 580 g/mol. The Morgan fingerprint density at radius 3 is 2.16 bits per heavy atom. The molecule has 2 aliphatic heterocycles. The summed E-state index contributed by atoms with van der Waals surface area (Å²) in [6.45, 7) is 11.9. The van der Waals surface area contributed by atoms with E-state index in [0.717, 1.165) is 32.1 Å². The van der Waals surface area contributed by atoms with Crippen molar-refractivity contribution >= 4 is 0 Å². The zero-order valence-electron chi connectivity index (χ0n) is 28.0. The van der Waals surface area contributed by atoms with E-state index >= 15 is 0 Å². The van der Waals surface area contributed by atoms with E-state index in [4.69, 9.17) is 14.2 Å². The Morgan fingerprint density at radius 2 is 1.51 bits per heavy atom. The molecule has 7 aliphatic rings. The minimum atomic E-state index is -1.32. The van der Waals surface area contributed by atoms with Crippen LogP contribution in [0.2, 0.25) is 0 Å². The van der Waals surface area contributed by atoms with Crippen molar-refractivity contribution in [3.63, 3.8) is 0 Å². The van der Waals surface area contributed by atoms with E-state index in [2.05, 4.69) is 20.8 Å². The molecule has 2 heterocycles. The zero-order chi connectivity index (χ0) is 32.8. The number of aliphatic hydroxyl groups excluding tert-OH is 6. The van der Waals surface area contributed by atoms with Gasteiger partial charge in [0.2, 0.25) is 0 Å². The van der Waals surface area contributed by atoms with Crippen molar-refractivity contribution in [2.75, 3.05) is 13.2 Å². The first-order valence-corrected chi connectivity index (χ1v) is 17.5. The van der Waals surface area contributed by atoms with Crippen molar-refractivity contribution in [2.45, 2.75) is 160 Å². The van der Waals surface area contributed by atoms with Crippen LogP contribution < -0.4 is 0 Å². The molecule has 7 rings (SSSR count). The van der Waals surface area contributed by atoms with Gasteiger partial charge in [-0.25, -0.2) is 0 Å². The largest absolute Gasteiger partial charge is 0.396 e. The molecule has 16 atom stereocenters. The Labute approximate surface area is 267 Å². The van der Waals surface area contributed by atoms with E-state index in [-0.39, 0.29) is 47.6 Å². The summed E-state index contributed by atoms with van der Waals surface area (Å²) in [4.78, 5) is 0. The first-order valence-electron chi connectivity index (χ1n) is 17.5. The lowest BCUT2D eigenvalue weighted by atomic mass is 9.40. The van der Waals surface area contributed by atoms with E-state index in [0.29, 0.717) is 31.6 Å². The molecule has 0 bridgehead atoms. The molecule has 0 amide bonds. The van der Waals surface area contributed by atoms with Gasteiger partial charge in [-0.2, -0.15) is 0 Å². The van der Waals surface area contributed by atoms with Gasteiger partial charge in [0, 0.05) is 11.3 Å². The highest BCUT2D eigenvalue weighted by Crippen LogP contribution is 2.89. The van der Waals surface area contributed by atoms with Gasteiger partial charge in [-0.1, -0.05) is 20.8 Å². The topological polar surface area (TPSA) is 169 Å². The average molecular weight is 639 g/mol. The summed E-state index contributed by atoms with van der Waals surface area (Å²) in [5.74, 6) is 0.0995. The molecule has 258 valence electrons. The lowest BCUT2D eigenvalue weighted by Crippen LogP contribution is -2.66. The van der Waals surface area contributed by atoms with E-state index in [1.54, 1.807) is 13.8 Å². The third-order valence-corrected chi connectivity index (χ3v) is 15.5. The number of fused-ring (bicyclic) bond motifs is 2. The fraction of sp³-hybridized carbons (Fsp3) is 1.00. The average Bonchev–Trinajstić information content (AvgIpc) is 3.27. The van der Waals surface area contributed by atoms with Crippen LogP contribution in [0.5, 0.6) is 0 Å². The van der Waals surface area contributed by atoms with E-state index < -0.39 is 64.8 Å². The second-order valence-corrected chi connectivity index (χ2v) is 18.1. The third kappa shape index (κ3) is 4.10. The van der Waals surface area contributed by atoms with Gasteiger partial charge in [0.15, 0.2) is 6.29 Å². The van der Waals surface area contributed by atoms with Gasteiger partial charge in [-0.3, -0.25) is 0 Å². The minimum absolute atomic E-state index is 0.0232. The summed E-state index contributed by atoms with van der Waals surface area (Å²) in [5, 5.41) is 77.2. The van der Waals surface area contributed by atoms with Crippen LogP contribution in [0.1, 0.15) is 99.3 Å². The Hall–Kier alpha value is -0.400. The molecule has 2 saturated heterocycles. The van der Waals surface area contributed by atoms with Crippen LogP contribution in [0, 0.1) is 44.8 Å². The van der Waals surface area contributed by atoms with E-state index in [1.807, 2.05) is 6.92 Å². The maximum atomic E-state index is 12.4. The summed E-state index contributed by atoms with van der Waals surface area (Å²) in [6, 6.07) is 0. The number of hydrogen-bond donors (Lipinski definition) is 7. The normalized spacial score (nSPS) is 58.7. The lowest BCUT2D eigenvalue weighted by molar-refractivity contribution is -0.304. The predicted octanol–water partition coefficient (Wildman–Crippen LogP) is 1.87. The van der Waals surface area contributed by atoms with Crippen LogP contribution in [-0.2, 0) is 14.2 Å². The van der Waals surface area contributed by atoms with Crippen LogP contribution in [0.15, 0.2) is 0 Å². The minimum Gasteiger partial charge on any atom is -0.396 e. The van der Waals surface area contributed by atoms with Gasteiger partial charge < -0.3 is 50.0 Å². The second-order valence-electron chi connectivity index (χ2n) is 18.1. The molecule has 5 saturated carbocycles. The van der Waals surface area contributed by atoms with Crippen molar-refractivity contribution in [3.8, 4) is 0 Å². The van der Waals surface area contributed by atoms with Crippen molar-refractivity contribution in [1.82, 2.24) is 0 Å². The van der Waals surface area contributed by atoms with Crippen LogP contribution in [0.3, 0.4) is 0 Å². The standard InChI is InChI=1S/C35H58O10/c1-29(2)20-7-8-21-31(5)13-18(37)27(32(6)11-9-24(45-32)30(3,4)42)35(31,17-36)22(39)14-34(21)16-33(20,34)12-10-23(29)44-28-26(41)25(40)19(38)15-43-28/h18-28,36-42H,7-17H2,1-6H3/t18-,19+,20-,21-,22+,23-,24-,25-,26+,27+,28-,31-,32+,33+,34-,35+/m0/s1. The summed E-state index contributed by atoms with van der Waals surface area (Å²) >= 11 is 0. The summed E-state index contributed by atoms with van der Waals surface area (Å²) in [6.07, 6.45) is 0.117. The van der Waals surface area contributed by atoms with Gasteiger partial charge in [0.25, 0.3) is 0 Å². The van der Waals surface area contributed by atoms with Gasteiger partial charge >= 0.3 is 0 Å². The first kappa shape index (κ1) is 33.1. The maximum Gasteiger partial charge on any atom is 0.186 e. The van der Waals surface area contributed by atoms with Crippen molar-refractivity contribution < 1.29 is 50.0 Å². The summed E-state index contributed by atoms with van der Waals surface area (Å²) in [7, 11) is 0. The third-order valence-electron chi connectivity index (χ3n) is 15.5. The summed E-state index contributed by atoms with van der Waals surface area (Å²) in [5.41, 5.74) is -3.54. The molecule has 0 aromatic carbocycles. The second kappa shape index (κ2) is 10.1. The van der Waals surface area contributed by atoms with Crippen molar-refractivity contribution in [2.24, 2.45) is 44.8 Å².